The van der Waals surface area contributed by atoms with Crippen molar-refractivity contribution in [3.8, 4) is 5.75 Å². The predicted octanol–water partition coefficient (Wildman–Crippen LogP) is 0.832. The molecule has 0 spiro atoms. The molecule has 1 aromatic rings. The van der Waals surface area contributed by atoms with Crippen LogP contribution in [0, 0.1) is 5.82 Å². The number of hydrogen-bond donors (Lipinski definition) is 1. The Balaban J connectivity index is 1.97. The van der Waals surface area contributed by atoms with Crippen molar-refractivity contribution in [1.29, 1.82) is 0 Å². The van der Waals surface area contributed by atoms with Crippen molar-refractivity contribution in [2.45, 2.75) is 6.42 Å². The summed E-state index contributed by atoms with van der Waals surface area (Å²) in [5.74, 6) is -0.0368. The lowest BCUT2D eigenvalue weighted by Gasteiger charge is -2.36. The summed E-state index contributed by atoms with van der Waals surface area (Å²) < 4.78 is 18.6. The second kappa shape index (κ2) is 6.56. The highest BCUT2D eigenvalue weighted by molar-refractivity contribution is 5.76. The molecule has 110 valence electrons. The molecule has 0 saturated carbocycles. The van der Waals surface area contributed by atoms with E-state index < -0.39 is 0 Å². The van der Waals surface area contributed by atoms with Gasteiger partial charge >= 0.3 is 0 Å². The van der Waals surface area contributed by atoms with Gasteiger partial charge in [-0.3, -0.25) is 4.79 Å². The Bertz CT molecular complexity index is 473. The van der Waals surface area contributed by atoms with Gasteiger partial charge in [-0.25, -0.2) is 4.39 Å². The molecule has 0 unspecified atom stereocenters. The molecular formula is C14H20FN3O2. The first-order valence-electron chi connectivity index (χ1n) is 6.72. The van der Waals surface area contributed by atoms with Crippen LogP contribution in [0.15, 0.2) is 18.2 Å². The number of piperazine rings is 1. The standard InChI is InChI=1S/C14H20FN3O2/c1-20-13-3-2-11(10-12(13)15)17-6-8-18(9-7-17)14(19)4-5-16/h2-3,10H,4-9,16H2,1H3. The van der Waals surface area contributed by atoms with E-state index in [0.717, 1.165) is 5.69 Å². The lowest BCUT2D eigenvalue weighted by molar-refractivity contribution is -0.131. The van der Waals surface area contributed by atoms with E-state index in [1.807, 2.05) is 11.0 Å². The van der Waals surface area contributed by atoms with Crippen molar-refractivity contribution >= 4 is 11.6 Å². The van der Waals surface area contributed by atoms with Crippen LogP contribution >= 0.6 is 0 Å². The first-order chi connectivity index (χ1) is 9.65. The van der Waals surface area contributed by atoms with E-state index in [4.69, 9.17) is 10.5 Å². The molecule has 1 heterocycles. The van der Waals surface area contributed by atoms with Crippen molar-refractivity contribution in [1.82, 2.24) is 4.90 Å². The van der Waals surface area contributed by atoms with Crippen LogP contribution < -0.4 is 15.4 Å². The fourth-order valence-corrected chi connectivity index (χ4v) is 2.35. The Kier molecular flexibility index (Phi) is 4.79. The highest BCUT2D eigenvalue weighted by Gasteiger charge is 2.21. The second-order valence-corrected chi connectivity index (χ2v) is 4.73. The molecule has 6 heteroatoms. The first-order valence-corrected chi connectivity index (χ1v) is 6.72. The molecular weight excluding hydrogens is 261 g/mol. The smallest absolute Gasteiger partial charge is 0.223 e. The predicted molar refractivity (Wildman–Crippen MR) is 75.4 cm³/mol. The van der Waals surface area contributed by atoms with Crippen LogP contribution in [0.25, 0.3) is 0 Å². The number of methoxy groups -OCH3 is 1. The molecule has 1 saturated heterocycles. The normalized spacial score (nSPS) is 15.3. The maximum Gasteiger partial charge on any atom is 0.223 e. The highest BCUT2D eigenvalue weighted by Crippen LogP contribution is 2.24. The van der Waals surface area contributed by atoms with Crippen molar-refractivity contribution in [2.75, 3.05) is 44.7 Å². The Morgan fingerprint density at radius 3 is 2.60 bits per heavy atom. The minimum Gasteiger partial charge on any atom is -0.494 e. The average Bonchev–Trinajstić information content (AvgIpc) is 2.47. The van der Waals surface area contributed by atoms with Crippen molar-refractivity contribution in [3.05, 3.63) is 24.0 Å². The number of hydrogen-bond acceptors (Lipinski definition) is 4. The quantitative estimate of drug-likeness (QED) is 0.888. The van der Waals surface area contributed by atoms with Gasteiger partial charge in [0.2, 0.25) is 5.91 Å². The van der Waals surface area contributed by atoms with E-state index in [-0.39, 0.29) is 17.5 Å². The number of benzene rings is 1. The Labute approximate surface area is 118 Å². The topological polar surface area (TPSA) is 58.8 Å². The van der Waals surface area contributed by atoms with Crippen molar-refractivity contribution in [2.24, 2.45) is 5.73 Å². The van der Waals surface area contributed by atoms with Crippen molar-refractivity contribution < 1.29 is 13.9 Å². The summed E-state index contributed by atoms with van der Waals surface area (Å²) in [7, 11) is 1.44. The van der Waals surface area contributed by atoms with Crippen LogP contribution in [0.2, 0.25) is 0 Å². The molecule has 1 aromatic carbocycles. The molecule has 0 aromatic heterocycles. The SMILES string of the molecule is COc1ccc(N2CCN(C(=O)CCN)CC2)cc1F. The molecule has 1 fully saturated rings. The number of anilines is 1. The first kappa shape index (κ1) is 14.6. The second-order valence-electron chi connectivity index (χ2n) is 4.73. The third-order valence-electron chi connectivity index (χ3n) is 3.49. The number of carbonyl (C=O) groups is 1. The van der Waals surface area contributed by atoms with Crippen LogP contribution in [0.1, 0.15) is 6.42 Å². The monoisotopic (exact) mass is 281 g/mol. The number of carbonyl (C=O) groups excluding carboxylic acids is 1. The number of nitrogens with two attached hydrogens (primary N) is 1. The zero-order chi connectivity index (χ0) is 14.5. The van der Waals surface area contributed by atoms with Crippen LogP contribution in [0.3, 0.4) is 0 Å². The third-order valence-corrected chi connectivity index (χ3v) is 3.49. The van der Waals surface area contributed by atoms with Gasteiger partial charge in [-0.2, -0.15) is 0 Å². The zero-order valence-electron chi connectivity index (χ0n) is 11.6. The molecule has 2 rings (SSSR count). The maximum absolute atomic E-state index is 13.7. The molecule has 1 amide bonds. The largest absolute Gasteiger partial charge is 0.494 e. The molecule has 0 bridgehead atoms. The molecule has 0 radical (unpaired) electrons. The van der Waals surface area contributed by atoms with Crippen LogP contribution in [0.5, 0.6) is 5.75 Å². The van der Waals surface area contributed by atoms with Crippen LogP contribution in [0.4, 0.5) is 10.1 Å². The number of amides is 1. The molecule has 1 aliphatic heterocycles. The van der Waals surface area contributed by atoms with E-state index in [0.29, 0.717) is 39.1 Å². The van der Waals surface area contributed by atoms with Gasteiger partial charge in [-0.05, 0) is 12.1 Å². The molecule has 2 N–H and O–H groups in total. The summed E-state index contributed by atoms with van der Waals surface area (Å²) >= 11 is 0. The highest BCUT2D eigenvalue weighted by atomic mass is 19.1. The Morgan fingerprint density at radius 2 is 2.05 bits per heavy atom. The van der Waals surface area contributed by atoms with Gasteiger partial charge in [-0.15, -0.1) is 0 Å². The van der Waals surface area contributed by atoms with Gasteiger partial charge in [0.05, 0.1) is 7.11 Å². The summed E-state index contributed by atoms with van der Waals surface area (Å²) in [6.45, 7) is 3.06. The average molecular weight is 281 g/mol. The van der Waals surface area contributed by atoms with E-state index >= 15 is 0 Å². The van der Waals surface area contributed by atoms with Crippen LogP contribution in [-0.2, 0) is 4.79 Å². The third kappa shape index (κ3) is 3.19. The molecule has 1 aliphatic rings. The summed E-state index contributed by atoms with van der Waals surface area (Å²) in [5.41, 5.74) is 6.20. The van der Waals surface area contributed by atoms with E-state index in [1.54, 1.807) is 6.07 Å². The Morgan fingerprint density at radius 1 is 1.35 bits per heavy atom. The summed E-state index contributed by atoms with van der Waals surface area (Å²) in [5, 5.41) is 0. The molecule has 5 nitrogen and oxygen atoms in total. The zero-order valence-corrected chi connectivity index (χ0v) is 11.6. The number of halogens is 1. The van der Waals surface area contributed by atoms with Gasteiger partial charge in [0.25, 0.3) is 0 Å². The van der Waals surface area contributed by atoms with Gasteiger partial charge in [-0.1, -0.05) is 0 Å². The summed E-state index contributed by atoms with van der Waals surface area (Å²) in [4.78, 5) is 15.6. The number of nitrogens with zero attached hydrogens (tertiary/aromatic N) is 2. The summed E-state index contributed by atoms with van der Waals surface area (Å²) in [6, 6.07) is 4.92. The molecule has 0 aliphatic carbocycles. The van der Waals surface area contributed by atoms with Crippen molar-refractivity contribution in [3.63, 3.8) is 0 Å². The fourth-order valence-electron chi connectivity index (χ4n) is 2.35. The van der Waals surface area contributed by atoms with Gasteiger partial charge in [0, 0.05) is 50.9 Å². The Hall–Kier alpha value is -1.82. The number of ether oxygens (including phenoxy) is 1. The van der Waals surface area contributed by atoms with Gasteiger partial charge in [0.15, 0.2) is 11.6 Å². The van der Waals surface area contributed by atoms with Gasteiger partial charge in [0.1, 0.15) is 0 Å². The minimum absolute atomic E-state index is 0.0908. The van der Waals surface area contributed by atoms with E-state index in [9.17, 15) is 9.18 Å². The lowest BCUT2D eigenvalue weighted by atomic mass is 10.2. The lowest BCUT2D eigenvalue weighted by Crippen LogP contribution is -2.49. The molecule has 0 atom stereocenters. The van der Waals surface area contributed by atoms with E-state index in [1.165, 1.54) is 13.2 Å². The number of rotatable bonds is 4. The summed E-state index contributed by atoms with van der Waals surface area (Å²) in [6.07, 6.45) is 0.386. The van der Waals surface area contributed by atoms with E-state index in [2.05, 4.69) is 4.90 Å². The van der Waals surface area contributed by atoms with Crippen LogP contribution in [-0.4, -0.2) is 50.6 Å². The molecule has 20 heavy (non-hydrogen) atoms. The maximum atomic E-state index is 13.7. The minimum atomic E-state index is -0.369. The van der Waals surface area contributed by atoms with Gasteiger partial charge < -0.3 is 20.3 Å². The fraction of sp³-hybridized carbons (Fsp3) is 0.500.